The zero-order valence-electron chi connectivity index (χ0n) is 17.1. The minimum absolute atomic E-state index is 0.000288. The molecule has 0 spiro atoms. The van der Waals surface area contributed by atoms with E-state index in [4.69, 9.17) is 15.6 Å². The lowest BCUT2D eigenvalue weighted by Gasteiger charge is -2.34. The van der Waals surface area contributed by atoms with Crippen molar-refractivity contribution in [2.45, 2.75) is 63.0 Å². The third kappa shape index (κ3) is 5.74. The Morgan fingerprint density at radius 2 is 1.74 bits per heavy atom. The van der Waals surface area contributed by atoms with Crippen molar-refractivity contribution in [2.24, 2.45) is 5.73 Å². The molecule has 4 N–H and O–H groups in total. The number of hydrogen-bond donors (Lipinski definition) is 3. The molecule has 1 amide bonds. The van der Waals surface area contributed by atoms with Crippen LogP contribution in [0.4, 0.5) is 13.2 Å². The monoisotopic (exact) mass is 447 g/mol. The Morgan fingerprint density at radius 3 is 2.32 bits per heavy atom. The molecule has 0 saturated carbocycles. The zero-order chi connectivity index (χ0) is 22.8. The van der Waals surface area contributed by atoms with Gasteiger partial charge in [-0.3, -0.25) is 14.4 Å². The number of hydrogen-bond acceptors (Lipinski definition) is 6. The quantitative estimate of drug-likeness (QED) is 0.617. The van der Waals surface area contributed by atoms with Crippen LogP contribution in [0.15, 0.2) is 6.07 Å². The number of alkyl halides is 3. The summed E-state index contributed by atoms with van der Waals surface area (Å²) in [6.07, 6.45) is -0.783. The Morgan fingerprint density at radius 1 is 1.10 bits per heavy atom. The third-order valence-electron chi connectivity index (χ3n) is 6.00. The maximum Gasteiger partial charge on any atom is 0.490 e. The predicted molar refractivity (Wildman–Crippen MR) is 103 cm³/mol. The molecule has 2 unspecified atom stereocenters. The van der Waals surface area contributed by atoms with Crippen molar-refractivity contribution in [2.75, 3.05) is 26.2 Å². The standard InChI is InChI=1S/C17H27N5O2.C2HF3O2/c18-12-3-7-20(8-4-12)13-5-9-21(11-13)17(24)14-10-15-16(23)2-1-6-22(15)19-14;3-2(4,5)1(6)7/h10,12-13,16,23H,1-9,11,18H2;(H,6,7). The van der Waals surface area contributed by atoms with Gasteiger partial charge in [-0.1, -0.05) is 0 Å². The van der Waals surface area contributed by atoms with Gasteiger partial charge in [0.25, 0.3) is 5.91 Å². The van der Waals surface area contributed by atoms with Crippen molar-refractivity contribution in [3.8, 4) is 0 Å². The molecule has 0 aromatic carbocycles. The number of amides is 1. The average molecular weight is 447 g/mol. The summed E-state index contributed by atoms with van der Waals surface area (Å²) in [7, 11) is 0. The number of halogens is 3. The van der Waals surface area contributed by atoms with Gasteiger partial charge in [-0.2, -0.15) is 18.3 Å². The molecule has 12 heteroatoms. The fourth-order valence-corrected chi connectivity index (χ4v) is 4.24. The number of carboxylic acids is 1. The SMILES string of the molecule is NC1CCN(C2CCN(C(=O)c3cc4n(n3)CCCC4O)C2)CC1.O=C(O)C(F)(F)F. The summed E-state index contributed by atoms with van der Waals surface area (Å²) in [6.45, 7) is 4.43. The van der Waals surface area contributed by atoms with Crippen LogP contribution in [0.3, 0.4) is 0 Å². The molecular weight excluding hydrogens is 419 g/mol. The lowest BCUT2D eigenvalue weighted by molar-refractivity contribution is -0.192. The van der Waals surface area contributed by atoms with E-state index in [-0.39, 0.29) is 5.91 Å². The van der Waals surface area contributed by atoms with Gasteiger partial charge in [0, 0.05) is 31.7 Å². The van der Waals surface area contributed by atoms with Crippen LogP contribution in [0, 0.1) is 0 Å². The van der Waals surface area contributed by atoms with Crippen molar-refractivity contribution in [3.63, 3.8) is 0 Å². The van der Waals surface area contributed by atoms with Crippen LogP contribution in [0.1, 0.15) is 54.4 Å². The highest BCUT2D eigenvalue weighted by Gasteiger charge is 2.38. The van der Waals surface area contributed by atoms with Crippen molar-refractivity contribution in [1.29, 1.82) is 0 Å². The number of aromatic nitrogens is 2. The number of carbonyl (C=O) groups is 2. The lowest BCUT2D eigenvalue weighted by Crippen LogP contribution is -2.46. The van der Waals surface area contributed by atoms with E-state index in [0.29, 0.717) is 17.8 Å². The number of likely N-dealkylation sites (tertiary alicyclic amines) is 2. The first-order valence-electron chi connectivity index (χ1n) is 10.4. The van der Waals surface area contributed by atoms with Gasteiger partial charge in [0.05, 0.1) is 11.8 Å². The maximum absolute atomic E-state index is 12.8. The fourth-order valence-electron chi connectivity index (χ4n) is 4.24. The second-order valence-corrected chi connectivity index (χ2v) is 8.21. The largest absolute Gasteiger partial charge is 0.490 e. The highest BCUT2D eigenvalue weighted by Crippen LogP contribution is 2.26. The number of nitrogens with two attached hydrogens (primary N) is 1. The normalized spacial score (nSPS) is 25.0. The van der Waals surface area contributed by atoms with Crippen LogP contribution in [-0.4, -0.2) is 86.1 Å². The van der Waals surface area contributed by atoms with Gasteiger partial charge in [-0.15, -0.1) is 0 Å². The van der Waals surface area contributed by atoms with Crippen molar-refractivity contribution in [1.82, 2.24) is 19.6 Å². The molecule has 2 fully saturated rings. The molecule has 31 heavy (non-hydrogen) atoms. The molecule has 2 saturated heterocycles. The maximum atomic E-state index is 12.8. The number of rotatable bonds is 2. The number of aliphatic hydroxyl groups excluding tert-OH is 1. The number of carboxylic acid groups (broad SMARTS) is 1. The number of fused-ring (bicyclic) bond motifs is 1. The summed E-state index contributed by atoms with van der Waals surface area (Å²) in [5.41, 5.74) is 7.25. The van der Waals surface area contributed by atoms with Crippen molar-refractivity contribution in [3.05, 3.63) is 17.5 Å². The highest BCUT2D eigenvalue weighted by molar-refractivity contribution is 5.92. The van der Waals surface area contributed by atoms with E-state index in [1.807, 2.05) is 4.90 Å². The minimum Gasteiger partial charge on any atom is -0.475 e. The highest BCUT2D eigenvalue weighted by atomic mass is 19.4. The molecule has 0 aliphatic carbocycles. The number of aliphatic hydroxyl groups is 1. The minimum atomic E-state index is -5.08. The second kappa shape index (κ2) is 9.53. The summed E-state index contributed by atoms with van der Waals surface area (Å²) in [5, 5.41) is 21.6. The Bertz CT molecular complexity index is 792. The summed E-state index contributed by atoms with van der Waals surface area (Å²) >= 11 is 0. The zero-order valence-corrected chi connectivity index (χ0v) is 17.1. The van der Waals surface area contributed by atoms with Crippen LogP contribution in [-0.2, 0) is 11.3 Å². The molecule has 1 aromatic rings. The number of nitrogens with zero attached hydrogens (tertiary/aromatic N) is 4. The third-order valence-corrected chi connectivity index (χ3v) is 6.00. The molecule has 2 atom stereocenters. The van der Waals surface area contributed by atoms with Gasteiger partial charge in [0.15, 0.2) is 5.69 Å². The van der Waals surface area contributed by atoms with Gasteiger partial charge in [0.2, 0.25) is 0 Å². The molecule has 4 rings (SSSR count). The molecule has 1 aromatic heterocycles. The smallest absolute Gasteiger partial charge is 0.475 e. The van der Waals surface area contributed by atoms with E-state index in [0.717, 1.165) is 70.5 Å². The van der Waals surface area contributed by atoms with Gasteiger partial charge >= 0.3 is 12.1 Å². The summed E-state index contributed by atoms with van der Waals surface area (Å²) in [5.74, 6) is -2.76. The van der Waals surface area contributed by atoms with Crippen molar-refractivity contribution >= 4 is 11.9 Å². The molecule has 3 aliphatic rings. The second-order valence-electron chi connectivity index (χ2n) is 8.21. The Kier molecular flexibility index (Phi) is 7.22. The van der Waals surface area contributed by atoms with Gasteiger partial charge in [0.1, 0.15) is 0 Å². The Labute approximate surface area is 177 Å². The lowest BCUT2D eigenvalue weighted by atomic mass is 10.0. The van der Waals surface area contributed by atoms with Crippen LogP contribution in [0.25, 0.3) is 0 Å². The van der Waals surface area contributed by atoms with Crippen LogP contribution < -0.4 is 5.73 Å². The Balaban J connectivity index is 0.000000339. The number of piperidine rings is 1. The summed E-state index contributed by atoms with van der Waals surface area (Å²) in [6, 6.07) is 2.56. The van der Waals surface area contributed by atoms with E-state index in [9.17, 15) is 23.1 Å². The molecule has 174 valence electrons. The molecule has 4 heterocycles. The van der Waals surface area contributed by atoms with E-state index >= 15 is 0 Å². The van der Waals surface area contributed by atoms with E-state index in [2.05, 4.69) is 10.00 Å². The van der Waals surface area contributed by atoms with E-state index in [1.54, 1.807) is 10.7 Å². The average Bonchev–Trinajstić information content (AvgIpc) is 3.36. The molecular formula is C19H28F3N5O4. The molecule has 0 bridgehead atoms. The number of aliphatic carboxylic acids is 1. The molecule has 3 aliphatic heterocycles. The number of aryl methyl sites for hydroxylation is 1. The molecule has 0 radical (unpaired) electrons. The first kappa shape index (κ1) is 23.5. The van der Waals surface area contributed by atoms with Gasteiger partial charge in [-0.25, -0.2) is 4.79 Å². The Hall–Kier alpha value is -2.18. The number of carbonyl (C=O) groups excluding carboxylic acids is 1. The summed E-state index contributed by atoms with van der Waals surface area (Å²) in [4.78, 5) is 26.1. The van der Waals surface area contributed by atoms with Crippen LogP contribution in [0.5, 0.6) is 0 Å². The fraction of sp³-hybridized carbons (Fsp3) is 0.737. The molecule has 9 nitrogen and oxygen atoms in total. The van der Waals surface area contributed by atoms with Gasteiger partial charge in [-0.05, 0) is 51.3 Å². The first-order chi connectivity index (χ1) is 14.6. The van der Waals surface area contributed by atoms with Crippen molar-refractivity contribution < 1.29 is 33.0 Å². The summed E-state index contributed by atoms with van der Waals surface area (Å²) < 4.78 is 33.5. The van der Waals surface area contributed by atoms with E-state index < -0.39 is 18.2 Å². The first-order valence-corrected chi connectivity index (χ1v) is 10.4. The van der Waals surface area contributed by atoms with Gasteiger partial charge < -0.3 is 20.8 Å². The van der Waals surface area contributed by atoms with Crippen LogP contribution in [0.2, 0.25) is 0 Å². The topological polar surface area (TPSA) is 125 Å². The predicted octanol–water partition coefficient (Wildman–Crippen LogP) is 0.981. The van der Waals surface area contributed by atoms with E-state index in [1.165, 1.54) is 0 Å². The van der Waals surface area contributed by atoms with Crippen LogP contribution >= 0.6 is 0 Å².